The third-order valence-electron chi connectivity index (χ3n) is 3.43. The van der Waals surface area contributed by atoms with Gasteiger partial charge in [-0.05, 0) is 38.3 Å². The minimum Gasteiger partial charge on any atom is -0.478 e. The van der Waals surface area contributed by atoms with E-state index < -0.39 is 5.97 Å². The van der Waals surface area contributed by atoms with Crippen molar-refractivity contribution in [3.63, 3.8) is 0 Å². The molecule has 0 saturated heterocycles. The van der Waals surface area contributed by atoms with E-state index in [-0.39, 0.29) is 23.1 Å². The van der Waals surface area contributed by atoms with Crippen LogP contribution < -0.4 is 5.32 Å². The molecule has 0 bridgehead atoms. The highest BCUT2D eigenvalue weighted by atomic mass is 16.4. The lowest BCUT2D eigenvalue weighted by atomic mass is 9.96. The van der Waals surface area contributed by atoms with Gasteiger partial charge in [-0.15, -0.1) is 0 Å². The van der Waals surface area contributed by atoms with Crippen molar-refractivity contribution in [1.29, 1.82) is 0 Å². The lowest BCUT2D eigenvalue weighted by Crippen LogP contribution is -2.34. The molecule has 0 aromatic heterocycles. The average Bonchev–Trinajstić information content (AvgIpc) is 2.38. The summed E-state index contributed by atoms with van der Waals surface area (Å²) in [7, 11) is 0. The number of amides is 1. The molecule has 0 saturated carbocycles. The Morgan fingerprint density at radius 2 is 1.75 bits per heavy atom. The Kier molecular flexibility index (Phi) is 5.74. The monoisotopic (exact) mass is 277 g/mol. The van der Waals surface area contributed by atoms with Gasteiger partial charge in [-0.3, -0.25) is 4.79 Å². The normalized spacial score (nSPS) is 12.0. The summed E-state index contributed by atoms with van der Waals surface area (Å²) in [4.78, 5) is 23.7. The number of carboxylic acid groups (broad SMARTS) is 1. The van der Waals surface area contributed by atoms with Gasteiger partial charge in [0.05, 0.1) is 11.1 Å². The van der Waals surface area contributed by atoms with E-state index in [2.05, 4.69) is 12.2 Å². The van der Waals surface area contributed by atoms with E-state index >= 15 is 0 Å². The van der Waals surface area contributed by atoms with Crippen molar-refractivity contribution < 1.29 is 14.7 Å². The van der Waals surface area contributed by atoms with E-state index in [1.807, 2.05) is 6.92 Å². The summed E-state index contributed by atoms with van der Waals surface area (Å²) in [6.07, 6.45) is 3.01. The van der Waals surface area contributed by atoms with Gasteiger partial charge >= 0.3 is 5.97 Å². The molecule has 4 heteroatoms. The van der Waals surface area contributed by atoms with Crippen LogP contribution in [0, 0.1) is 13.8 Å². The van der Waals surface area contributed by atoms with E-state index in [4.69, 9.17) is 0 Å². The molecule has 4 nitrogen and oxygen atoms in total. The van der Waals surface area contributed by atoms with Gasteiger partial charge in [0.25, 0.3) is 5.91 Å². The molecular formula is C16H23NO3. The maximum Gasteiger partial charge on any atom is 0.336 e. The molecule has 1 unspecified atom stereocenters. The molecule has 2 N–H and O–H groups in total. The average molecular weight is 277 g/mol. The summed E-state index contributed by atoms with van der Waals surface area (Å²) in [5.41, 5.74) is 1.67. The first kappa shape index (κ1) is 16.2. The van der Waals surface area contributed by atoms with E-state index in [0.29, 0.717) is 11.1 Å². The van der Waals surface area contributed by atoms with Crippen molar-refractivity contribution in [2.45, 2.75) is 53.0 Å². The first-order valence-electron chi connectivity index (χ1n) is 7.02. The van der Waals surface area contributed by atoms with Crippen LogP contribution in [0.3, 0.4) is 0 Å². The van der Waals surface area contributed by atoms with Crippen LogP contribution >= 0.6 is 0 Å². The highest BCUT2D eigenvalue weighted by Gasteiger charge is 2.22. The minimum absolute atomic E-state index is 0.0454. The van der Waals surface area contributed by atoms with Gasteiger partial charge in [-0.2, -0.15) is 0 Å². The predicted octanol–water partition coefficient (Wildman–Crippen LogP) is 3.31. The van der Waals surface area contributed by atoms with Gasteiger partial charge in [0.15, 0.2) is 0 Å². The minimum atomic E-state index is -1.06. The van der Waals surface area contributed by atoms with Gasteiger partial charge in [-0.1, -0.05) is 31.9 Å². The number of carbonyl (C=O) groups is 2. The van der Waals surface area contributed by atoms with Crippen molar-refractivity contribution in [1.82, 2.24) is 5.32 Å². The standard InChI is InChI=1S/C16H23NO3/c1-5-6-7-12(4)17-15(18)13-10(2)8-9-11(3)14(13)16(19)20/h8-9,12H,5-7H2,1-4H3,(H,17,18)(H,19,20). The number of carboxylic acids is 1. The smallest absolute Gasteiger partial charge is 0.336 e. The lowest BCUT2D eigenvalue weighted by molar-refractivity contribution is 0.0689. The first-order chi connectivity index (χ1) is 9.38. The highest BCUT2D eigenvalue weighted by molar-refractivity contribution is 6.06. The molecule has 20 heavy (non-hydrogen) atoms. The fourth-order valence-electron chi connectivity index (χ4n) is 2.26. The molecule has 1 aromatic rings. The van der Waals surface area contributed by atoms with Gasteiger partial charge in [0.1, 0.15) is 0 Å². The Morgan fingerprint density at radius 3 is 2.25 bits per heavy atom. The summed E-state index contributed by atoms with van der Waals surface area (Å²) in [6.45, 7) is 7.51. The molecule has 0 aliphatic carbocycles. The van der Waals surface area contributed by atoms with Crippen molar-refractivity contribution in [3.8, 4) is 0 Å². The number of aryl methyl sites for hydroxylation is 2. The topological polar surface area (TPSA) is 66.4 Å². The molecule has 0 spiro atoms. The number of hydrogen-bond acceptors (Lipinski definition) is 2. The summed E-state index contributed by atoms with van der Waals surface area (Å²) in [5.74, 6) is -1.36. The van der Waals surface area contributed by atoms with Gasteiger partial charge < -0.3 is 10.4 Å². The fraction of sp³-hybridized carbons (Fsp3) is 0.500. The van der Waals surface area contributed by atoms with Gasteiger partial charge in [0, 0.05) is 6.04 Å². The summed E-state index contributed by atoms with van der Waals surface area (Å²) in [5, 5.41) is 12.2. The maximum absolute atomic E-state index is 12.3. The van der Waals surface area contributed by atoms with Crippen LogP contribution in [-0.2, 0) is 0 Å². The van der Waals surface area contributed by atoms with E-state index in [1.165, 1.54) is 0 Å². The number of carbonyl (C=O) groups excluding carboxylic acids is 1. The van der Waals surface area contributed by atoms with E-state index in [0.717, 1.165) is 19.3 Å². The maximum atomic E-state index is 12.3. The summed E-state index contributed by atoms with van der Waals surface area (Å²) < 4.78 is 0. The highest BCUT2D eigenvalue weighted by Crippen LogP contribution is 2.19. The summed E-state index contributed by atoms with van der Waals surface area (Å²) in [6, 6.07) is 3.56. The fourth-order valence-corrected chi connectivity index (χ4v) is 2.26. The third kappa shape index (κ3) is 3.83. The molecule has 1 atom stereocenters. The quantitative estimate of drug-likeness (QED) is 0.838. The predicted molar refractivity (Wildman–Crippen MR) is 79.3 cm³/mol. The number of unbranched alkanes of at least 4 members (excludes halogenated alkanes) is 1. The Bertz CT molecular complexity index is 509. The molecule has 1 aromatic carbocycles. The van der Waals surface area contributed by atoms with Crippen molar-refractivity contribution >= 4 is 11.9 Å². The summed E-state index contributed by atoms with van der Waals surface area (Å²) >= 11 is 0. The number of hydrogen-bond donors (Lipinski definition) is 2. The number of nitrogens with one attached hydrogen (secondary N) is 1. The first-order valence-corrected chi connectivity index (χ1v) is 7.02. The zero-order valence-corrected chi connectivity index (χ0v) is 12.6. The molecule has 1 amide bonds. The molecule has 0 fully saturated rings. The number of rotatable bonds is 6. The molecule has 0 radical (unpaired) electrons. The van der Waals surface area contributed by atoms with Crippen molar-refractivity contribution in [2.24, 2.45) is 0 Å². The largest absolute Gasteiger partial charge is 0.478 e. The number of benzene rings is 1. The van der Waals surface area contributed by atoms with E-state index in [1.54, 1.807) is 26.0 Å². The van der Waals surface area contributed by atoms with Crippen LogP contribution in [0.15, 0.2) is 12.1 Å². The lowest BCUT2D eigenvalue weighted by Gasteiger charge is -2.17. The third-order valence-corrected chi connectivity index (χ3v) is 3.43. The molecule has 1 rings (SSSR count). The zero-order valence-electron chi connectivity index (χ0n) is 12.6. The molecular weight excluding hydrogens is 254 g/mol. The Labute approximate surface area is 120 Å². The van der Waals surface area contributed by atoms with Crippen LogP contribution in [0.2, 0.25) is 0 Å². The van der Waals surface area contributed by atoms with Gasteiger partial charge in [-0.25, -0.2) is 4.79 Å². The SMILES string of the molecule is CCCCC(C)NC(=O)c1c(C)ccc(C)c1C(=O)O. The second kappa shape index (κ2) is 7.08. The molecule has 0 aliphatic heterocycles. The number of aromatic carboxylic acids is 1. The van der Waals surface area contributed by atoms with Crippen LogP contribution in [0.1, 0.15) is 65.0 Å². The van der Waals surface area contributed by atoms with Crippen LogP contribution in [0.5, 0.6) is 0 Å². The van der Waals surface area contributed by atoms with Crippen LogP contribution in [-0.4, -0.2) is 23.0 Å². The van der Waals surface area contributed by atoms with Gasteiger partial charge in [0.2, 0.25) is 0 Å². The second-order valence-electron chi connectivity index (χ2n) is 5.27. The molecule has 0 aliphatic rings. The zero-order chi connectivity index (χ0) is 15.3. The van der Waals surface area contributed by atoms with Crippen LogP contribution in [0.25, 0.3) is 0 Å². The van der Waals surface area contributed by atoms with Crippen LogP contribution in [0.4, 0.5) is 0 Å². The Hall–Kier alpha value is -1.84. The Morgan fingerprint density at radius 1 is 1.20 bits per heavy atom. The Balaban J connectivity index is 3.03. The van der Waals surface area contributed by atoms with Crippen molar-refractivity contribution in [2.75, 3.05) is 0 Å². The second-order valence-corrected chi connectivity index (χ2v) is 5.27. The molecule has 0 heterocycles. The van der Waals surface area contributed by atoms with E-state index in [9.17, 15) is 14.7 Å². The van der Waals surface area contributed by atoms with Crippen molar-refractivity contribution in [3.05, 3.63) is 34.4 Å². The molecule has 110 valence electrons.